The Bertz CT molecular complexity index is 1260. The lowest BCUT2D eigenvalue weighted by atomic mass is 10.1. The van der Waals surface area contributed by atoms with Crippen LogP contribution < -0.4 is 5.73 Å². The van der Waals surface area contributed by atoms with E-state index in [1.54, 1.807) is 13.8 Å². The number of benzene rings is 2. The molecule has 12 heteroatoms. The van der Waals surface area contributed by atoms with Gasteiger partial charge in [-0.1, -0.05) is 26.0 Å². The van der Waals surface area contributed by atoms with Crippen LogP contribution in [0.25, 0.3) is 0 Å². The van der Waals surface area contributed by atoms with Crippen LogP contribution in [0.4, 0.5) is 23.2 Å². The maximum absolute atomic E-state index is 14.0. The zero-order valence-electron chi connectivity index (χ0n) is 19.7. The van der Waals surface area contributed by atoms with Crippen molar-refractivity contribution in [2.24, 2.45) is 0 Å². The second-order valence-electron chi connectivity index (χ2n) is 8.00. The fraction of sp³-hybridized carbons (Fsp3) is 0.435. The number of sulfone groups is 2. The van der Waals surface area contributed by atoms with Crippen molar-refractivity contribution in [2.45, 2.75) is 51.5 Å². The van der Waals surface area contributed by atoms with E-state index in [1.165, 1.54) is 6.92 Å². The van der Waals surface area contributed by atoms with Gasteiger partial charge in [-0.25, -0.2) is 34.4 Å². The lowest BCUT2D eigenvalue weighted by molar-refractivity contribution is -0.116. The van der Waals surface area contributed by atoms with Gasteiger partial charge in [-0.15, -0.1) is 0 Å². The molecule has 0 fully saturated rings. The second kappa shape index (κ2) is 13.0. The highest BCUT2D eigenvalue weighted by molar-refractivity contribution is 7.90. The van der Waals surface area contributed by atoms with Crippen molar-refractivity contribution >= 4 is 31.1 Å². The molecular weight excluding hydrogens is 510 g/mol. The Balaban J connectivity index is 0.000000355. The Labute approximate surface area is 203 Å². The highest BCUT2D eigenvalue weighted by Gasteiger charge is 2.20. The summed E-state index contributed by atoms with van der Waals surface area (Å²) in [5, 5.41) is 0. The number of Topliss-reactive ketones (excluding diaryl/α,β-unsaturated/α-hetero) is 1. The van der Waals surface area contributed by atoms with Crippen LogP contribution in [0.2, 0.25) is 0 Å². The van der Waals surface area contributed by atoms with Gasteiger partial charge in [0.15, 0.2) is 25.5 Å². The number of nitrogen functional groups attached to an aromatic ring is 1. The summed E-state index contributed by atoms with van der Waals surface area (Å²) in [6.45, 7) is 4.64. The first-order chi connectivity index (χ1) is 16.1. The quantitative estimate of drug-likeness (QED) is 0.356. The number of nitrogens with two attached hydrogens (primary N) is 1. The summed E-state index contributed by atoms with van der Waals surface area (Å²) in [5.41, 5.74) is 3.95. The summed E-state index contributed by atoms with van der Waals surface area (Å²) >= 11 is 0. The Morgan fingerprint density at radius 2 is 1.20 bits per heavy atom. The Kier molecular flexibility index (Phi) is 11.4. The van der Waals surface area contributed by atoms with Crippen LogP contribution in [0.3, 0.4) is 0 Å². The fourth-order valence-corrected chi connectivity index (χ4v) is 6.06. The number of ketones is 1. The number of carbonyl (C=O) groups is 1. The topological polar surface area (TPSA) is 111 Å². The maximum atomic E-state index is 14.0. The summed E-state index contributed by atoms with van der Waals surface area (Å²) in [4.78, 5) is 11.0. The third kappa shape index (κ3) is 9.60. The molecule has 0 saturated carbocycles. The van der Waals surface area contributed by atoms with E-state index in [1.807, 2.05) is 0 Å². The number of hydrogen-bond donors (Lipinski definition) is 1. The summed E-state index contributed by atoms with van der Waals surface area (Å²) in [6, 6.07) is 4.18. The highest BCUT2D eigenvalue weighted by atomic mass is 32.2. The predicted octanol–water partition coefficient (Wildman–Crippen LogP) is 4.29. The molecule has 0 aromatic heterocycles. The molecule has 2 rings (SSSR count). The van der Waals surface area contributed by atoms with E-state index in [0.717, 1.165) is 24.3 Å². The van der Waals surface area contributed by atoms with E-state index in [-0.39, 0.29) is 40.4 Å². The average Bonchev–Trinajstić information content (AvgIpc) is 2.74. The third-order valence-electron chi connectivity index (χ3n) is 4.68. The minimum Gasteiger partial charge on any atom is -0.394 e. The molecule has 0 spiro atoms. The van der Waals surface area contributed by atoms with Gasteiger partial charge in [0.2, 0.25) is 0 Å². The van der Waals surface area contributed by atoms with Crippen LogP contribution in [0.15, 0.2) is 24.3 Å². The SMILES string of the molecule is CCCS(=O)(=O)Cc1ccc(F)c(CC(C)=O)c1F.CCCS(=O)(=O)Cc1ccc(F)c(N)c1F. The molecule has 0 amide bonds. The van der Waals surface area contributed by atoms with E-state index >= 15 is 0 Å². The highest BCUT2D eigenvalue weighted by Crippen LogP contribution is 2.22. The molecule has 0 bridgehead atoms. The molecule has 0 radical (unpaired) electrons. The van der Waals surface area contributed by atoms with Gasteiger partial charge in [0.25, 0.3) is 0 Å². The zero-order chi connectivity index (χ0) is 27.0. The molecule has 2 N–H and O–H groups in total. The summed E-state index contributed by atoms with van der Waals surface area (Å²) in [5.74, 6) is -5.01. The van der Waals surface area contributed by atoms with Crippen molar-refractivity contribution in [1.82, 2.24) is 0 Å². The van der Waals surface area contributed by atoms with Gasteiger partial charge in [0, 0.05) is 23.1 Å². The molecule has 6 nitrogen and oxygen atoms in total. The van der Waals surface area contributed by atoms with E-state index in [4.69, 9.17) is 5.73 Å². The normalized spacial score (nSPS) is 11.6. The number of halogens is 4. The van der Waals surface area contributed by atoms with E-state index in [2.05, 4.69) is 0 Å². The smallest absolute Gasteiger partial charge is 0.154 e. The molecule has 0 aliphatic carbocycles. The third-order valence-corrected chi connectivity index (χ3v) is 8.24. The lowest BCUT2D eigenvalue weighted by Gasteiger charge is -2.09. The molecule has 0 saturated heterocycles. The van der Waals surface area contributed by atoms with E-state index in [9.17, 15) is 39.2 Å². The molecule has 0 aliphatic rings. The number of rotatable bonds is 10. The van der Waals surface area contributed by atoms with Gasteiger partial charge in [0.1, 0.15) is 28.9 Å². The van der Waals surface area contributed by atoms with Crippen LogP contribution in [-0.4, -0.2) is 34.1 Å². The Morgan fingerprint density at radius 3 is 1.63 bits per heavy atom. The standard InChI is InChI=1S/C13H16F2O3S.C10H13F2NO2S/c1-3-6-19(17,18)8-10-4-5-12(14)11(13(10)15)7-9(2)16;1-2-5-16(14,15)6-7-3-4-8(11)10(13)9(7)12/h4-5H,3,6-8H2,1-2H3;3-4H,2,5-6,13H2,1H3. The van der Waals surface area contributed by atoms with Crippen molar-refractivity contribution in [2.75, 3.05) is 17.2 Å². The molecule has 35 heavy (non-hydrogen) atoms. The number of carbonyl (C=O) groups excluding carboxylic acids is 1. The lowest BCUT2D eigenvalue weighted by Crippen LogP contribution is -2.12. The van der Waals surface area contributed by atoms with Crippen LogP contribution >= 0.6 is 0 Å². The zero-order valence-corrected chi connectivity index (χ0v) is 21.3. The largest absolute Gasteiger partial charge is 0.394 e. The van der Waals surface area contributed by atoms with E-state index in [0.29, 0.717) is 12.8 Å². The average molecular weight is 540 g/mol. The molecule has 196 valence electrons. The summed E-state index contributed by atoms with van der Waals surface area (Å²) < 4.78 is 99.8. The molecular formula is C23H29F4NO5S2. The van der Waals surface area contributed by atoms with Crippen LogP contribution in [0, 0.1) is 23.3 Å². The molecule has 0 aliphatic heterocycles. The van der Waals surface area contributed by atoms with Gasteiger partial charge < -0.3 is 5.73 Å². The van der Waals surface area contributed by atoms with Crippen molar-refractivity contribution < 1.29 is 39.2 Å². The van der Waals surface area contributed by atoms with Gasteiger partial charge in [0.05, 0.1) is 23.0 Å². The maximum Gasteiger partial charge on any atom is 0.154 e. The van der Waals surface area contributed by atoms with Crippen molar-refractivity contribution in [3.63, 3.8) is 0 Å². The molecule has 0 atom stereocenters. The van der Waals surface area contributed by atoms with Crippen molar-refractivity contribution in [3.8, 4) is 0 Å². The molecule has 0 heterocycles. The molecule has 2 aromatic rings. The first kappa shape index (κ1) is 30.6. The van der Waals surface area contributed by atoms with Gasteiger partial charge in [-0.05, 0) is 31.9 Å². The van der Waals surface area contributed by atoms with Crippen LogP contribution in [-0.2, 0) is 42.4 Å². The fourth-order valence-electron chi connectivity index (χ4n) is 3.13. The van der Waals surface area contributed by atoms with Gasteiger partial charge in [-0.2, -0.15) is 0 Å². The van der Waals surface area contributed by atoms with Crippen molar-refractivity contribution in [3.05, 3.63) is 64.2 Å². The minimum absolute atomic E-state index is 0.0241. The first-order valence-corrected chi connectivity index (χ1v) is 14.4. The minimum atomic E-state index is -3.41. The Hall–Kier alpha value is -2.47. The van der Waals surface area contributed by atoms with Crippen LogP contribution in [0.1, 0.15) is 50.3 Å². The van der Waals surface area contributed by atoms with E-state index < -0.39 is 60.1 Å². The molecule has 0 unspecified atom stereocenters. The van der Waals surface area contributed by atoms with Gasteiger partial charge in [-0.3, -0.25) is 4.79 Å². The number of hydrogen-bond acceptors (Lipinski definition) is 6. The monoisotopic (exact) mass is 539 g/mol. The number of anilines is 1. The summed E-state index contributed by atoms with van der Waals surface area (Å²) in [6.07, 6.45) is 0.519. The Morgan fingerprint density at radius 1 is 0.771 bits per heavy atom. The molecule has 2 aromatic carbocycles. The van der Waals surface area contributed by atoms with Crippen LogP contribution in [0.5, 0.6) is 0 Å². The predicted molar refractivity (Wildman–Crippen MR) is 127 cm³/mol. The van der Waals surface area contributed by atoms with Gasteiger partial charge >= 0.3 is 0 Å². The van der Waals surface area contributed by atoms with Crippen molar-refractivity contribution in [1.29, 1.82) is 0 Å². The first-order valence-electron chi connectivity index (χ1n) is 10.7. The second-order valence-corrected chi connectivity index (χ2v) is 12.4. The summed E-state index contributed by atoms with van der Waals surface area (Å²) in [7, 11) is -6.77.